The van der Waals surface area contributed by atoms with E-state index in [9.17, 15) is 9.18 Å². The molecule has 0 bridgehead atoms. The fourth-order valence-corrected chi connectivity index (χ4v) is 4.07. The third-order valence-electron chi connectivity index (χ3n) is 5.57. The van der Waals surface area contributed by atoms with Gasteiger partial charge in [-0.15, -0.1) is 0 Å². The summed E-state index contributed by atoms with van der Waals surface area (Å²) in [6, 6.07) is 20.3. The number of ether oxygens (including phenoxy) is 1. The Morgan fingerprint density at radius 3 is 2.37 bits per heavy atom. The largest absolute Gasteiger partial charge is 0.469 e. The van der Waals surface area contributed by atoms with Crippen molar-refractivity contribution in [3.63, 3.8) is 0 Å². The van der Waals surface area contributed by atoms with Crippen LogP contribution in [0.2, 0.25) is 0 Å². The van der Waals surface area contributed by atoms with Gasteiger partial charge in [-0.25, -0.2) is 9.37 Å². The summed E-state index contributed by atoms with van der Waals surface area (Å²) in [5.41, 5.74) is 3.78. The number of hydrogen-bond acceptors (Lipinski definition) is 3. The molecule has 4 nitrogen and oxygen atoms in total. The number of aromatic nitrogens is 2. The third-order valence-corrected chi connectivity index (χ3v) is 5.57. The van der Waals surface area contributed by atoms with Crippen molar-refractivity contribution in [3.05, 3.63) is 96.2 Å². The van der Waals surface area contributed by atoms with E-state index in [4.69, 9.17) is 4.74 Å². The Morgan fingerprint density at radius 1 is 1.00 bits per heavy atom. The first-order valence-corrected chi connectivity index (χ1v) is 9.77. The van der Waals surface area contributed by atoms with Gasteiger partial charge in [-0.05, 0) is 55.3 Å². The average Bonchev–Trinajstić information content (AvgIpc) is 3.17. The minimum absolute atomic E-state index is 0.202. The number of benzene rings is 2. The highest BCUT2D eigenvalue weighted by Crippen LogP contribution is 2.42. The molecule has 2 heterocycles. The molecule has 0 saturated heterocycles. The topological polar surface area (TPSA) is 43.6 Å². The Hall–Kier alpha value is -3.47. The zero-order chi connectivity index (χ0) is 21.3. The first-order valence-electron chi connectivity index (χ1n) is 9.77. The van der Waals surface area contributed by atoms with Crippen LogP contribution in [0.1, 0.15) is 30.9 Å². The lowest BCUT2D eigenvalue weighted by Crippen LogP contribution is -2.33. The Morgan fingerprint density at radius 2 is 1.70 bits per heavy atom. The van der Waals surface area contributed by atoms with Gasteiger partial charge in [0.2, 0.25) is 0 Å². The normalized spacial score (nSPS) is 12.7. The Labute approximate surface area is 175 Å². The first-order chi connectivity index (χ1) is 14.4. The fraction of sp³-hybridized carbons (Fsp3) is 0.200. The number of carbonyl (C=O) groups excluding carboxylic acids is 1. The standard InChI is InChI=1S/C25H23FN2O2/c1-25(2,24(29)30-3)22(17-7-5-4-6-8-17)19-11-14-21-23(27-16-28(21)15-19)18-9-12-20(26)13-10-18/h4-16,22H,1-3H3. The first kappa shape index (κ1) is 19.8. The summed E-state index contributed by atoms with van der Waals surface area (Å²) >= 11 is 0. The number of halogens is 1. The zero-order valence-corrected chi connectivity index (χ0v) is 17.2. The molecule has 0 N–H and O–H groups in total. The monoisotopic (exact) mass is 402 g/mol. The number of nitrogens with zero attached hydrogens (tertiary/aromatic N) is 2. The maximum Gasteiger partial charge on any atom is 0.312 e. The molecule has 1 atom stereocenters. The van der Waals surface area contributed by atoms with Gasteiger partial charge in [0.05, 0.1) is 30.1 Å². The molecule has 0 fully saturated rings. The second kappa shape index (κ2) is 7.75. The SMILES string of the molecule is COC(=O)C(C)(C)C(c1ccccc1)c1ccc2c(-c3ccc(F)cc3)ncn2c1. The lowest BCUT2D eigenvalue weighted by molar-refractivity contribution is -0.151. The summed E-state index contributed by atoms with van der Waals surface area (Å²) in [6.07, 6.45) is 3.74. The number of imidazole rings is 1. The van der Waals surface area contributed by atoms with Gasteiger partial charge in [-0.2, -0.15) is 0 Å². The second-order valence-corrected chi connectivity index (χ2v) is 7.91. The molecule has 0 aliphatic heterocycles. The van der Waals surface area contributed by atoms with Gasteiger partial charge in [0.1, 0.15) is 5.82 Å². The summed E-state index contributed by atoms with van der Waals surface area (Å²) in [7, 11) is 1.42. The molecule has 4 rings (SSSR count). The smallest absolute Gasteiger partial charge is 0.312 e. The molecule has 2 aromatic heterocycles. The van der Waals surface area contributed by atoms with Crippen LogP contribution in [0.3, 0.4) is 0 Å². The Bertz CT molecular complexity index is 1180. The quantitative estimate of drug-likeness (QED) is 0.416. The summed E-state index contributed by atoms with van der Waals surface area (Å²) in [5.74, 6) is -0.749. The predicted molar refractivity (Wildman–Crippen MR) is 115 cm³/mol. The van der Waals surface area contributed by atoms with Crippen molar-refractivity contribution in [1.29, 1.82) is 0 Å². The minimum atomic E-state index is -0.774. The van der Waals surface area contributed by atoms with E-state index in [2.05, 4.69) is 4.98 Å². The molecule has 0 amide bonds. The molecule has 5 heteroatoms. The highest BCUT2D eigenvalue weighted by atomic mass is 19.1. The van der Waals surface area contributed by atoms with Crippen molar-refractivity contribution >= 4 is 11.5 Å². The van der Waals surface area contributed by atoms with Gasteiger partial charge in [-0.3, -0.25) is 4.79 Å². The van der Waals surface area contributed by atoms with Crippen LogP contribution in [-0.4, -0.2) is 22.5 Å². The van der Waals surface area contributed by atoms with Crippen molar-refractivity contribution in [2.75, 3.05) is 7.11 Å². The van der Waals surface area contributed by atoms with E-state index in [-0.39, 0.29) is 17.7 Å². The number of esters is 1. The van der Waals surface area contributed by atoms with Gasteiger partial charge in [0.25, 0.3) is 0 Å². The van der Waals surface area contributed by atoms with Crippen LogP contribution in [0, 0.1) is 11.2 Å². The van der Waals surface area contributed by atoms with E-state index in [0.717, 1.165) is 27.9 Å². The maximum atomic E-state index is 13.3. The molecule has 0 aliphatic carbocycles. The van der Waals surface area contributed by atoms with Gasteiger partial charge in [-0.1, -0.05) is 36.4 Å². The van der Waals surface area contributed by atoms with E-state index < -0.39 is 5.41 Å². The van der Waals surface area contributed by atoms with Crippen molar-refractivity contribution in [2.45, 2.75) is 19.8 Å². The van der Waals surface area contributed by atoms with Crippen molar-refractivity contribution in [3.8, 4) is 11.3 Å². The van der Waals surface area contributed by atoms with E-state index >= 15 is 0 Å². The number of fused-ring (bicyclic) bond motifs is 1. The van der Waals surface area contributed by atoms with Crippen LogP contribution in [0.25, 0.3) is 16.8 Å². The molecule has 30 heavy (non-hydrogen) atoms. The molecule has 0 saturated carbocycles. The summed E-state index contributed by atoms with van der Waals surface area (Å²) < 4.78 is 20.3. The number of pyridine rings is 1. The van der Waals surface area contributed by atoms with E-state index in [1.165, 1.54) is 19.2 Å². The van der Waals surface area contributed by atoms with Crippen LogP contribution in [0.5, 0.6) is 0 Å². The molecule has 0 aliphatic rings. The number of carbonyl (C=O) groups is 1. The fourth-order valence-electron chi connectivity index (χ4n) is 4.07. The Kier molecular flexibility index (Phi) is 5.12. The van der Waals surface area contributed by atoms with Crippen LogP contribution in [0.4, 0.5) is 4.39 Å². The maximum absolute atomic E-state index is 13.3. The van der Waals surface area contributed by atoms with Gasteiger partial charge in [0, 0.05) is 17.7 Å². The van der Waals surface area contributed by atoms with E-state index in [1.807, 2.05) is 66.9 Å². The number of hydrogen-bond donors (Lipinski definition) is 0. The van der Waals surface area contributed by atoms with E-state index in [1.54, 1.807) is 18.5 Å². The zero-order valence-electron chi connectivity index (χ0n) is 17.2. The lowest BCUT2D eigenvalue weighted by atomic mass is 9.71. The van der Waals surface area contributed by atoms with E-state index in [0.29, 0.717) is 0 Å². The summed E-state index contributed by atoms with van der Waals surface area (Å²) in [5, 5.41) is 0. The second-order valence-electron chi connectivity index (χ2n) is 7.91. The highest BCUT2D eigenvalue weighted by Gasteiger charge is 2.40. The number of methoxy groups -OCH3 is 1. The van der Waals surface area contributed by atoms with Gasteiger partial charge < -0.3 is 9.14 Å². The van der Waals surface area contributed by atoms with Gasteiger partial charge >= 0.3 is 5.97 Å². The van der Waals surface area contributed by atoms with Crippen LogP contribution < -0.4 is 0 Å². The summed E-state index contributed by atoms with van der Waals surface area (Å²) in [6.45, 7) is 3.80. The highest BCUT2D eigenvalue weighted by molar-refractivity contribution is 5.79. The lowest BCUT2D eigenvalue weighted by Gasteiger charge is -2.32. The molecule has 4 aromatic rings. The van der Waals surface area contributed by atoms with Crippen molar-refractivity contribution in [2.24, 2.45) is 5.41 Å². The molecular formula is C25H23FN2O2. The molecule has 0 radical (unpaired) electrons. The number of rotatable bonds is 5. The minimum Gasteiger partial charge on any atom is -0.469 e. The van der Waals surface area contributed by atoms with Crippen LogP contribution >= 0.6 is 0 Å². The molecule has 1 unspecified atom stereocenters. The molecular weight excluding hydrogens is 379 g/mol. The van der Waals surface area contributed by atoms with Gasteiger partial charge in [0.15, 0.2) is 0 Å². The summed E-state index contributed by atoms with van der Waals surface area (Å²) in [4.78, 5) is 17.2. The van der Waals surface area contributed by atoms with Crippen molar-refractivity contribution < 1.29 is 13.9 Å². The Balaban J connectivity index is 1.83. The third kappa shape index (κ3) is 3.47. The molecule has 0 spiro atoms. The van der Waals surface area contributed by atoms with Crippen molar-refractivity contribution in [1.82, 2.24) is 9.38 Å². The van der Waals surface area contributed by atoms with Crippen LogP contribution in [-0.2, 0) is 9.53 Å². The van der Waals surface area contributed by atoms with Crippen LogP contribution in [0.15, 0.2) is 79.3 Å². The molecule has 2 aromatic carbocycles. The predicted octanol–water partition coefficient (Wildman–Crippen LogP) is 5.47. The average molecular weight is 402 g/mol. The molecule has 152 valence electrons.